The summed E-state index contributed by atoms with van der Waals surface area (Å²) in [4.78, 5) is 0. The maximum Gasteiger partial charge on any atom is 0.181 e. The molecule has 0 aliphatic carbocycles. The standard InChI is InChI=1S/C15H9BrFNO/c16-13-14(10-4-2-1-3-5-10)18-19-15(13)11-6-8-12(17)9-7-11/h1-9H. The molecule has 2 aromatic carbocycles. The predicted octanol–water partition coefficient (Wildman–Crippen LogP) is 4.91. The SMILES string of the molecule is Fc1ccc(-c2onc(-c3ccccc3)c2Br)cc1. The minimum atomic E-state index is -0.275. The van der Waals surface area contributed by atoms with Gasteiger partial charge in [0.2, 0.25) is 0 Å². The van der Waals surface area contributed by atoms with E-state index in [1.165, 1.54) is 12.1 Å². The Morgan fingerprint density at radius 3 is 2.26 bits per heavy atom. The zero-order chi connectivity index (χ0) is 13.2. The summed E-state index contributed by atoms with van der Waals surface area (Å²) in [6.45, 7) is 0. The topological polar surface area (TPSA) is 26.0 Å². The summed E-state index contributed by atoms with van der Waals surface area (Å²) in [6, 6.07) is 15.8. The zero-order valence-electron chi connectivity index (χ0n) is 9.81. The fraction of sp³-hybridized carbons (Fsp3) is 0. The second-order valence-corrected chi connectivity index (χ2v) is 4.84. The number of aromatic nitrogens is 1. The van der Waals surface area contributed by atoms with Crippen LogP contribution < -0.4 is 0 Å². The molecule has 0 unspecified atom stereocenters. The number of nitrogens with zero attached hydrogens (tertiary/aromatic N) is 1. The highest BCUT2D eigenvalue weighted by Crippen LogP contribution is 2.36. The van der Waals surface area contributed by atoms with Crippen molar-refractivity contribution in [2.75, 3.05) is 0 Å². The molecule has 1 aromatic heterocycles. The van der Waals surface area contributed by atoms with Crippen LogP contribution in [0.1, 0.15) is 0 Å². The van der Waals surface area contributed by atoms with Crippen molar-refractivity contribution in [1.29, 1.82) is 0 Å². The Balaban J connectivity index is 2.06. The molecular weight excluding hydrogens is 309 g/mol. The van der Waals surface area contributed by atoms with E-state index in [-0.39, 0.29) is 5.82 Å². The van der Waals surface area contributed by atoms with Gasteiger partial charge in [0.15, 0.2) is 5.76 Å². The van der Waals surface area contributed by atoms with Crippen molar-refractivity contribution in [3.05, 3.63) is 64.9 Å². The lowest BCUT2D eigenvalue weighted by molar-refractivity contribution is 0.434. The molecule has 0 N–H and O–H groups in total. The number of halogens is 2. The maximum absolute atomic E-state index is 12.9. The van der Waals surface area contributed by atoms with Gasteiger partial charge < -0.3 is 4.52 Å². The minimum Gasteiger partial charge on any atom is -0.354 e. The molecule has 3 rings (SSSR count). The van der Waals surface area contributed by atoms with Gasteiger partial charge in [-0.1, -0.05) is 35.5 Å². The van der Waals surface area contributed by atoms with E-state index < -0.39 is 0 Å². The number of benzene rings is 2. The van der Waals surface area contributed by atoms with Crippen molar-refractivity contribution in [2.24, 2.45) is 0 Å². The molecule has 0 aliphatic rings. The third kappa shape index (κ3) is 2.31. The molecule has 2 nitrogen and oxygen atoms in total. The summed E-state index contributed by atoms with van der Waals surface area (Å²) < 4.78 is 19.0. The van der Waals surface area contributed by atoms with Crippen molar-refractivity contribution < 1.29 is 8.91 Å². The number of rotatable bonds is 2. The van der Waals surface area contributed by atoms with E-state index in [0.717, 1.165) is 21.3 Å². The highest BCUT2D eigenvalue weighted by Gasteiger charge is 2.16. The van der Waals surface area contributed by atoms with E-state index in [4.69, 9.17) is 4.52 Å². The molecule has 4 heteroatoms. The van der Waals surface area contributed by atoms with Gasteiger partial charge in [0.05, 0.1) is 4.47 Å². The summed E-state index contributed by atoms with van der Waals surface area (Å²) >= 11 is 3.49. The van der Waals surface area contributed by atoms with Gasteiger partial charge in [0.25, 0.3) is 0 Å². The van der Waals surface area contributed by atoms with Crippen molar-refractivity contribution in [3.8, 4) is 22.6 Å². The van der Waals surface area contributed by atoms with E-state index >= 15 is 0 Å². The molecule has 0 aliphatic heterocycles. The summed E-state index contributed by atoms with van der Waals surface area (Å²) in [7, 11) is 0. The normalized spacial score (nSPS) is 10.6. The van der Waals surface area contributed by atoms with Gasteiger partial charge in [0, 0.05) is 11.1 Å². The van der Waals surface area contributed by atoms with Crippen LogP contribution in [0.15, 0.2) is 63.6 Å². The Labute approximate surface area is 118 Å². The van der Waals surface area contributed by atoms with Gasteiger partial charge in [-0.2, -0.15) is 0 Å². The first-order chi connectivity index (χ1) is 9.25. The van der Waals surface area contributed by atoms with Crippen LogP contribution in [0.3, 0.4) is 0 Å². The smallest absolute Gasteiger partial charge is 0.181 e. The fourth-order valence-corrected chi connectivity index (χ4v) is 2.44. The molecule has 94 valence electrons. The lowest BCUT2D eigenvalue weighted by Crippen LogP contribution is -1.79. The van der Waals surface area contributed by atoms with Crippen LogP contribution in [-0.2, 0) is 0 Å². The molecule has 0 spiro atoms. The van der Waals surface area contributed by atoms with Gasteiger partial charge in [-0.15, -0.1) is 0 Å². The van der Waals surface area contributed by atoms with Crippen LogP contribution in [-0.4, -0.2) is 5.16 Å². The molecule has 0 radical (unpaired) electrons. The van der Waals surface area contributed by atoms with E-state index in [9.17, 15) is 4.39 Å². The van der Waals surface area contributed by atoms with E-state index in [0.29, 0.717) is 5.76 Å². The lowest BCUT2D eigenvalue weighted by atomic mass is 10.1. The molecular formula is C15H9BrFNO. The van der Waals surface area contributed by atoms with Crippen molar-refractivity contribution in [2.45, 2.75) is 0 Å². The van der Waals surface area contributed by atoms with Gasteiger partial charge in [-0.3, -0.25) is 0 Å². The van der Waals surface area contributed by atoms with Crippen LogP contribution in [0.2, 0.25) is 0 Å². The van der Waals surface area contributed by atoms with Crippen LogP contribution >= 0.6 is 15.9 Å². The van der Waals surface area contributed by atoms with Gasteiger partial charge in [0.1, 0.15) is 11.5 Å². The van der Waals surface area contributed by atoms with Crippen LogP contribution in [0, 0.1) is 5.82 Å². The highest BCUT2D eigenvalue weighted by atomic mass is 79.9. The van der Waals surface area contributed by atoms with Crippen molar-refractivity contribution >= 4 is 15.9 Å². The third-order valence-electron chi connectivity index (χ3n) is 2.79. The Kier molecular flexibility index (Phi) is 3.17. The van der Waals surface area contributed by atoms with Crippen molar-refractivity contribution in [1.82, 2.24) is 5.16 Å². The monoisotopic (exact) mass is 317 g/mol. The zero-order valence-corrected chi connectivity index (χ0v) is 11.4. The van der Waals surface area contributed by atoms with E-state index in [1.807, 2.05) is 30.3 Å². The van der Waals surface area contributed by atoms with E-state index in [2.05, 4.69) is 21.1 Å². The first kappa shape index (κ1) is 12.1. The molecule has 1 heterocycles. The average molecular weight is 318 g/mol. The lowest BCUT2D eigenvalue weighted by Gasteiger charge is -1.97. The van der Waals surface area contributed by atoms with E-state index in [1.54, 1.807) is 12.1 Å². The van der Waals surface area contributed by atoms with Gasteiger partial charge in [-0.05, 0) is 40.2 Å². The summed E-state index contributed by atoms with van der Waals surface area (Å²) in [5.74, 6) is 0.321. The Bertz CT molecular complexity index is 692. The molecule has 0 fully saturated rings. The summed E-state index contributed by atoms with van der Waals surface area (Å²) in [5.41, 5.74) is 2.48. The van der Waals surface area contributed by atoms with Crippen molar-refractivity contribution in [3.63, 3.8) is 0 Å². The minimum absolute atomic E-state index is 0.275. The van der Waals surface area contributed by atoms with Crippen LogP contribution in [0.25, 0.3) is 22.6 Å². The van der Waals surface area contributed by atoms with Crippen LogP contribution in [0.5, 0.6) is 0 Å². The Morgan fingerprint density at radius 2 is 1.58 bits per heavy atom. The summed E-state index contributed by atoms with van der Waals surface area (Å²) in [6.07, 6.45) is 0. The second-order valence-electron chi connectivity index (χ2n) is 4.05. The molecule has 0 atom stereocenters. The molecule has 0 saturated heterocycles. The quantitative estimate of drug-likeness (QED) is 0.671. The van der Waals surface area contributed by atoms with Gasteiger partial charge in [-0.25, -0.2) is 4.39 Å². The first-order valence-corrected chi connectivity index (χ1v) is 6.51. The summed E-state index contributed by atoms with van der Waals surface area (Å²) in [5, 5.41) is 4.07. The molecule has 0 saturated carbocycles. The fourth-order valence-electron chi connectivity index (χ4n) is 1.84. The predicted molar refractivity (Wildman–Crippen MR) is 75.0 cm³/mol. The Morgan fingerprint density at radius 1 is 0.895 bits per heavy atom. The number of hydrogen-bond acceptors (Lipinski definition) is 2. The average Bonchev–Trinajstić information content (AvgIpc) is 2.83. The highest BCUT2D eigenvalue weighted by molar-refractivity contribution is 9.10. The maximum atomic E-state index is 12.9. The largest absolute Gasteiger partial charge is 0.354 e. The third-order valence-corrected chi connectivity index (χ3v) is 3.52. The number of hydrogen-bond donors (Lipinski definition) is 0. The van der Waals surface area contributed by atoms with Gasteiger partial charge >= 0.3 is 0 Å². The second kappa shape index (κ2) is 4.97. The first-order valence-electron chi connectivity index (χ1n) is 5.72. The van der Waals surface area contributed by atoms with Crippen LogP contribution in [0.4, 0.5) is 4.39 Å². The molecule has 3 aromatic rings. The Hall–Kier alpha value is -1.94. The molecule has 0 bridgehead atoms. The molecule has 0 amide bonds. The molecule has 19 heavy (non-hydrogen) atoms.